The molecule has 8 nitrogen and oxygen atoms in total. The highest BCUT2D eigenvalue weighted by atomic mass is 15.5. The summed E-state index contributed by atoms with van der Waals surface area (Å²) in [5.41, 5.74) is 7.47. The van der Waals surface area contributed by atoms with E-state index in [-0.39, 0.29) is 0 Å². The van der Waals surface area contributed by atoms with Crippen molar-refractivity contribution in [3.63, 3.8) is 0 Å². The van der Waals surface area contributed by atoms with Gasteiger partial charge in [0.05, 0.1) is 10.9 Å². The van der Waals surface area contributed by atoms with Crippen LogP contribution in [-0.4, -0.2) is 34.7 Å². The van der Waals surface area contributed by atoms with Gasteiger partial charge >= 0.3 is 0 Å². The lowest BCUT2D eigenvalue weighted by Gasteiger charge is -1.98. The summed E-state index contributed by atoms with van der Waals surface area (Å²) in [7, 11) is 3.66. The van der Waals surface area contributed by atoms with E-state index in [9.17, 15) is 0 Å². The first-order valence-electron chi connectivity index (χ1n) is 4.96. The van der Waals surface area contributed by atoms with Crippen molar-refractivity contribution in [1.29, 1.82) is 0 Å². The Labute approximate surface area is 96.1 Å². The van der Waals surface area contributed by atoms with Gasteiger partial charge in [-0.15, -0.1) is 5.10 Å². The Hall–Kier alpha value is -2.51. The van der Waals surface area contributed by atoms with Crippen molar-refractivity contribution in [3.05, 3.63) is 12.5 Å². The summed E-state index contributed by atoms with van der Waals surface area (Å²) in [6.45, 7) is 0. The third-order valence-corrected chi connectivity index (χ3v) is 2.64. The van der Waals surface area contributed by atoms with Crippen molar-refractivity contribution < 1.29 is 0 Å². The van der Waals surface area contributed by atoms with Crippen LogP contribution in [0.15, 0.2) is 12.5 Å². The van der Waals surface area contributed by atoms with Gasteiger partial charge in [-0.2, -0.15) is 0 Å². The molecule has 0 spiro atoms. The molecule has 17 heavy (non-hydrogen) atoms. The van der Waals surface area contributed by atoms with Crippen LogP contribution in [0.2, 0.25) is 0 Å². The molecular weight excluding hydrogens is 220 g/mol. The Morgan fingerprint density at radius 3 is 2.76 bits per heavy atom. The van der Waals surface area contributed by atoms with Crippen molar-refractivity contribution in [2.75, 3.05) is 5.73 Å². The van der Waals surface area contributed by atoms with Gasteiger partial charge < -0.3 is 10.3 Å². The Morgan fingerprint density at radius 2 is 2.06 bits per heavy atom. The molecule has 3 aromatic rings. The van der Waals surface area contributed by atoms with E-state index in [0.717, 1.165) is 16.6 Å². The molecule has 0 saturated heterocycles. The highest BCUT2D eigenvalue weighted by Gasteiger charge is 2.17. The van der Waals surface area contributed by atoms with Gasteiger partial charge in [-0.3, -0.25) is 0 Å². The predicted molar refractivity (Wildman–Crippen MR) is 60.7 cm³/mol. The fraction of sp³-hybridized carbons (Fsp3) is 0.222. The van der Waals surface area contributed by atoms with Crippen LogP contribution in [0.3, 0.4) is 0 Å². The number of anilines is 1. The fourth-order valence-corrected chi connectivity index (χ4v) is 1.86. The number of tetrazole rings is 1. The zero-order valence-electron chi connectivity index (χ0n) is 9.36. The largest absolute Gasteiger partial charge is 0.383 e. The number of fused-ring (bicyclic) bond motifs is 1. The Bertz CT molecular complexity index is 694. The van der Waals surface area contributed by atoms with Crippen LogP contribution in [0.4, 0.5) is 5.82 Å². The second kappa shape index (κ2) is 3.24. The summed E-state index contributed by atoms with van der Waals surface area (Å²) in [5, 5.41) is 12.2. The van der Waals surface area contributed by atoms with E-state index in [4.69, 9.17) is 5.73 Å². The number of aryl methyl sites for hydroxylation is 2. The molecule has 0 fully saturated rings. The van der Waals surface area contributed by atoms with E-state index < -0.39 is 0 Å². The van der Waals surface area contributed by atoms with Crippen LogP contribution in [-0.2, 0) is 14.1 Å². The first-order valence-corrected chi connectivity index (χ1v) is 4.96. The zero-order chi connectivity index (χ0) is 12.0. The normalized spacial score (nSPS) is 11.2. The lowest BCUT2D eigenvalue weighted by atomic mass is 10.2. The second-order valence-corrected chi connectivity index (χ2v) is 3.74. The van der Waals surface area contributed by atoms with Gasteiger partial charge in [0.25, 0.3) is 0 Å². The summed E-state index contributed by atoms with van der Waals surface area (Å²) < 4.78 is 3.46. The molecule has 0 unspecified atom stereocenters. The molecule has 0 amide bonds. The van der Waals surface area contributed by atoms with Crippen LogP contribution >= 0.6 is 0 Å². The van der Waals surface area contributed by atoms with Crippen LogP contribution in [0.25, 0.3) is 22.4 Å². The van der Waals surface area contributed by atoms with Gasteiger partial charge in [-0.05, 0) is 10.4 Å². The van der Waals surface area contributed by atoms with E-state index in [1.165, 1.54) is 6.33 Å². The average molecular weight is 230 g/mol. The molecule has 0 saturated carbocycles. The number of hydrogen-bond acceptors (Lipinski definition) is 6. The Balaban J connectivity index is 2.42. The third kappa shape index (κ3) is 1.27. The van der Waals surface area contributed by atoms with Gasteiger partial charge in [-0.25, -0.2) is 14.6 Å². The molecule has 0 radical (unpaired) electrons. The molecule has 3 aromatic heterocycles. The molecule has 2 N–H and O–H groups in total. The second-order valence-electron chi connectivity index (χ2n) is 3.74. The molecule has 0 bridgehead atoms. The van der Waals surface area contributed by atoms with E-state index in [0.29, 0.717) is 11.6 Å². The molecule has 8 heteroatoms. The molecule has 86 valence electrons. The minimum Gasteiger partial charge on any atom is -0.383 e. The number of nitrogens with two attached hydrogens (primary N) is 1. The smallest absolute Gasteiger partial charge is 0.184 e. The minimum absolute atomic E-state index is 0.425. The summed E-state index contributed by atoms with van der Waals surface area (Å²) in [6.07, 6.45) is 3.33. The summed E-state index contributed by atoms with van der Waals surface area (Å²) in [4.78, 5) is 8.19. The van der Waals surface area contributed by atoms with Crippen LogP contribution in [0.1, 0.15) is 0 Å². The zero-order valence-corrected chi connectivity index (χ0v) is 9.36. The van der Waals surface area contributed by atoms with Crippen molar-refractivity contribution in [2.24, 2.45) is 14.1 Å². The maximum Gasteiger partial charge on any atom is 0.184 e. The van der Waals surface area contributed by atoms with Crippen molar-refractivity contribution in [3.8, 4) is 11.4 Å². The van der Waals surface area contributed by atoms with Gasteiger partial charge in [0.1, 0.15) is 17.8 Å². The molecule has 0 aliphatic heterocycles. The van der Waals surface area contributed by atoms with Crippen molar-refractivity contribution in [1.82, 2.24) is 34.7 Å². The predicted octanol–water partition coefficient (Wildman–Crippen LogP) is -0.259. The molecular formula is C9H10N8. The maximum absolute atomic E-state index is 5.88. The standard InChI is InChI=1S/C9H10N8/c1-16-3-5(8-13-14-15-17(8)2)6-7(10)11-4-12-9(6)16/h3-4H,1-2H3,(H2,10,11,12). The maximum atomic E-state index is 5.88. The van der Waals surface area contributed by atoms with Gasteiger partial charge in [0.2, 0.25) is 0 Å². The first-order chi connectivity index (χ1) is 8.18. The summed E-state index contributed by atoms with van der Waals surface area (Å²) >= 11 is 0. The van der Waals surface area contributed by atoms with Crippen LogP contribution in [0, 0.1) is 0 Å². The molecule has 3 rings (SSSR count). The number of hydrogen-bond donors (Lipinski definition) is 1. The molecule has 3 heterocycles. The van der Waals surface area contributed by atoms with Crippen LogP contribution in [0.5, 0.6) is 0 Å². The van der Waals surface area contributed by atoms with E-state index in [1.807, 2.05) is 17.8 Å². The van der Waals surface area contributed by atoms with Gasteiger partial charge in [-0.1, -0.05) is 0 Å². The van der Waals surface area contributed by atoms with E-state index in [1.54, 1.807) is 11.7 Å². The van der Waals surface area contributed by atoms with Gasteiger partial charge in [0, 0.05) is 20.3 Å². The van der Waals surface area contributed by atoms with E-state index in [2.05, 4.69) is 25.5 Å². The SMILES string of the molecule is Cn1nnnc1-c1cn(C)c2ncnc(N)c12. The summed E-state index contributed by atoms with van der Waals surface area (Å²) in [5.74, 6) is 1.06. The number of aromatic nitrogens is 7. The average Bonchev–Trinajstić information content (AvgIpc) is 2.85. The topological polar surface area (TPSA) is 100 Å². The highest BCUT2D eigenvalue weighted by molar-refractivity contribution is 5.99. The van der Waals surface area contributed by atoms with E-state index >= 15 is 0 Å². The number of nitrogen functional groups attached to an aromatic ring is 1. The Kier molecular flexibility index (Phi) is 1.85. The fourth-order valence-electron chi connectivity index (χ4n) is 1.86. The molecule has 0 aromatic carbocycles. The monoisotopic (exact) mass is 230 g/mol. The van der Waals surface area contributed by atoms with Crippen molar-refractivity contribution >= 4 is 16.9 Å². The molecule has 0 atom stereocenters. The quantitative estimate of drug-likeness (QED) is 0.618. The summed E-state index contributed by atoms with van der Waals surface area (Å²) in [6, 6.07) is 0. The van der Waals surface area contributed by atoms with Gasteiger partial charge in [0.15, 0.2) is 5.82 Å². The number of rotatable bonds is 1. The van der Waals surface area contributed by atoms with Crippen molar-refractivity contribution in [2.45, 2.75) is 0 Å². The third-order valence-electron chi connectivity index (χ3n) is 2.64. The Morgan fingerprint density at radius 1 is 1.24 bits per heavy atom. The minimum atomic E-state index is 0.425. The number of nitrogens with zero attached hydrogens (tertiary/aromatic N) is 7. The lowest BCUT2D eigenvalue weighted by Crippen LogP contribution is -1.96. The molecule has 0 aliphatic carbocycles. The van der Waals surface area contributed by atoms with Crippen LogP contribution < -0.4 is 5.73 Å². The first kappa shape index (κ1) is 9.70. The lowest BCUT2D eigenvalue weighted by molar-refractivity contribution is 0.715. The molecule has 0 aliphatic rings. The highest BCUT2D eigenvalue weighted by Crippen LogP contribution is 2.29.